The number of hydrogen-bond donors (Lipinski definition) is 1. The average molecular weight is 258 g/mol. The molecule has 0 amide bonds. The number of esters is 1. The van der Waals surface area contributed by atoms with Crippen molar-refractivity contribution in [2.75, 3.05) is 12.8 Å². The van der Waals surface area contributed by atoms with Crippen LogP contribution in [0.4, 0.5) is 5.69 Å². The highest BCUT2D eigenvalue weighted by Gasteiger charge is 2.05. The highest BCUT2D eigenvalue weighted by Crippen LogP contribution is 2.07. The van der Waals surface area contributed by atoms with Crippen molar-refractivity contribution in [2.24, 2.45) is 0 Å². The third-order valence-corrected chi connectivity index (χ3v) is 2.78. The molecule has 0 aliphatic carbocycles. The molecule has 5 heteroatoms. The fraction of sp³-hybridized carbons (Fsp3) is 0.143. The molecular formula is C14H14N2O3. The van der Waals surface area contributed by atoms with Crippen molar-refractivity contribution in [1.82, 2.24) is 4.57 Å². The van der Waals surface area contributed by atoms with E-state index in [1.54, 1.807) is 42.6 Å². The molecular weight excluding hydrogens is 244 g/mol. The van der Waals surface area contributed by atoms with Gasteiger partial charge in [0.2, 0.25) is 0 Å². The summed E-state index contributed by atoms with van der Waals surface area (Å²) in [5, 5.41) is 0. The van der Waals surface area contributed by atoms with Crippen LogP contribution in [0.2, 0.25) is 0 Å². The van der Waals surface area contributed by atoms with Gasteiger partial charge in [-0.1, -0.05) is 12.1 Å². The molecule has 1 heterocycles. The van der Waals surface area contributed by atoms with Gasteiger partial charge in [0, 0.05) is 6.20 Å². The molecule has 0 spiro atoms. The van der Waals surface area contributed by atoms with Gasteiger partial charge in [0.15, 0.2) is 0 Å². The maximum Gasteiger partial charge on any atom is 0.337 e. The third-order valence-electron chi connectivity index (χ3n) is 2.78. The van der Waals surface area contributed by atoms with Gasteiger partial charge in [-0.2, -0.15) is 0 Å². The molecule has 19 heavy (non-hydrogen) atoms. The number of nitrogens with two attached hydrogens (primary N) is 1. The van der Waals surface area contributed by atoms with Crippen molar-refractivity contribution in [2.45, 2.75) is 6.54 Å². The molecule has 0 radical (unpaired) electrons. The first kappa shape index (κ1) is 12.9. The molecule has 0 bridgehead atoms. The van der Waals surface area contributed by atoms with Gasteiger partial charge in [-0.25, -0.2) is 4.79 Å². The quantitative estimate of drug-likeness (QED) is 0.841. The lowest BCUT2D eigenvalue weighted by molar-refractivity contribution is 0.0600. The molecule has 2 N–H and O–H groups in total. The molecule has 0 saturated carbocycles. The molecule has 2 aromatic rings. The highest BCUT2D eigenvalue weighted by molar-refractivity contribution is 5.89. The first-order valence-corrected chi connectivity index (χ1v) is 5.74. The average Bonchev–Trinajstić information content (AvgIpc) is 2.44. The summed E-state index contributed by atoms with van der Waals surface area (Å²) >= 11 is 0. The van der Waals surface area contributed by atoms with Gasteiger partial charge >= 0.3 is 5.97 Å². The summed E-state index contributed by atoms with van der Waals surface area (Å²) in [6, 6.07) is 10.2. The number of benzene rings is 1. The lowest BCUT2D eigenvalue weighted by Crippen LogP contribution is -2.22. The first-order valence-electron chi connectivity index (χ1n) is 5.74. The molecule has 98 valence electrons. The Morgan fingerprint density at radius 1 is 1.26 bits per heavy atom. The molecule has 0 atom stereocenters. The number of carbonyl (C=O) groups is 1. The minimum Gasteiger partial charge on any atom is -0.465 e. The molecule has 0 aliphatic rings. The Bertz CT molecular complexity index is 644. The maximum absolute atomic E-state index is 11.8. The van der Waals surface area contributed by atoms with Crippen LogP contribution in [-0.4, -0.2) is 17.6 Å². The van der Waals surface area contributed by atoms with Crippen molar-refractivity contribution < 1.29 is 9.53 Å². The van der Waals surface area contributed by atoms with Crippen molar-refractivity contribution >= 4 is 11.7 Å². The van der Waals surface area contributed by atoms with Crippen molar-refractivity contribution in [1.29, 1.82) is 0 Å². The van der Waals surface area contributed by atoms with Gasteiger partial charge in [0.1, 0.15) is 0 Å². The third kappa shape index (κ3) is 2.82. The Morgan fingerprint density at radius 3 is 2.58 bits per heavy atom. The molecule has 0 unspecified atom stereocenters. The standard InChI is InChI=1S/C14H14N2O3/c1-19-14(18)11-6-4-10(5-7-11)9-16-8-2-3-12(15)13(16)17/h2-8H,9,15H2,1H3. The van der Waals surface area contributed by atoms with Crippen molar-refractivity contribution in [3.05, 3.63) is 64.1 Å². The largest absolute Gasteiger partial charge is 0.465 e. The summed E-state index contributed by atoms with van der Waals surface area (Å²) in [6.07, 6.45) is 1.67. The second kappa shape index (κ2) is 5.39. The lowest BCUT2D eigenvalue weighted by Gasteiger charge is -2.07. The Morgan fingerprint density at radius 2 is 1.95 bits per heavy atom. The summed E-state index contributed by atoms with van der Waals surface area (Å²) in [5.41, 5.74) is 6.94. The van der Waals surface area contributed by atoms with Gasteiger partial charge in [0.05, 0.1) is 24.9 Å². The van der Waals surface area contributed by atoms with E-state index in [1.165, 1.54) is 11.7 Å². The Hall–Kier alpha value is -2.56. The number of nitrogens with zero attached hydrogens (tertiary/aromatic N) is 1. The van der Waals surface area contributed by atoms with E-state index in [0.717, 1.165) is 5.56 Å². The van der Waals surface area contributed by atoms with Crippen LogP contribution in [0.25, 0.3) is 0 Å². The number of anilines is 1. The van der Waals surface area contributed by atoms with Crippen LogP contribution in [0.5, 0.6) is 0 Å². The molecule has 1 aromatic carbocycles. The predicted molar refractivity (Wildman–Crippen MR) is 72.0 cm³/mol. The Kier molecular flexibility index (Phi) is 3.66. The fourth-order valence-corrected chi connectivity index (χ4v) is 1.74. The number of methoxy groups -OCH3 is 1. The van der Waals surface area contributed by atoms with Gasteiger partial charge in [-0.3, -0.25) is 4.79 Å². The summed E-state index contributed by atoms with van der Waals surface area (Å²) in [7, 11) is 1.34. The van der Waals surface area contributed by atoms with Crippen LogP contribution in [0, 0.1) is 0 Å². The van der Waals surface area contributed by atoms with Gasteiger partial charge < -0.3 is 15.0 Å². The number of ether oxygens (including phenoxy) is 1. The van der Waals surface area contributed by atoms with Crippen LogP contribution in [0.3, 0.4) is 0 Å². The zero-order valence-corrected chi connectivity index (χ0v) is 10.5. The fourth-order valence-electron chi connectivity index (χ4n) is 1.74. The number of pyridine rings is 1. The number of hydrogen-bond acceptors (Lipinski definition) is 4. The molecule has 5 nitrogen and oxygen atoms in total. The van der Waals surface area contributed by atoms with Gasteiger partial charge in [-0.05, 0) is 29.8 Å². The van der Waals surface area contributed by atoms with E-state index in [1.807, 2.05) is 0 Å². The van der Waals surface area contributed by atoms with Crippen LogP contribution < -0.4 is 11.3 Å². The van der Waals surface area contributed by atoms with E-state index in [0.29, 0.717) is 12.1 Å². The minimum absolute atomic E-state index is 0.216. The lowest BCUT2D eigenvalue weighted by atomic mass is 10.1. The van der Waals surface area contributed by atoms with E-state index in [2.05, 4.69) is 4.74 Å². The first-order chi connectivity index (χ1) is 9.11. The van der Waals surface area contributed by atoms with E-state index >= 15 is 0 Å². The second-order valence-electron chi connectivity index (χ2n) is 4.09. The Labute approximate surface area is 110 Å². The van der Waals surface area contributed by atoms with Crippen LogP contribution in [0.15, 0.2) is 47.4 Å². The summed E-state index contributed by atoms with van der Waals surface area (Å²) < 4.78 is 6.13. The van der Waals surface area contributed by atoms with E-state index < -0.39 is 0 Å². The molecule has 0 aliphatic heterocycles. The number of nitrogen functional groups attached to an aromatic ring is 1. The van der Waals surface area contributed by atoms with Crippen LogP contribution in [-0.2, 0) is 11.3 Å². The molecule has 0 saturated heterocycles. The number of carbonyl (C=O) groups excluding carboxylic acids is 1. The highest BCUT2D eigenvalue weighted by atomic mass is 16.5. The molecule has 2 rings (SSSR count). The summed E-state index contributed by atoms with van der Waals surface area (Å²) in [6.45, 7) is 0.408. The minimum atomic E-state index is -0.382. The number of aromatic nitrogens is 1. The summed E-state index contributed by atoms with van der Waals surface area (Å²) in [5.74, 6) is -0.382. The maximum atomic E-state index is 11.8. The van der Waals surface area contributed by atoms with Crippen LogP contribution in [0.1, 0.15) is 15.9 Å². The van der Waals surface area contributed by atoms with Crippen molar-refractivity contribution in [3.63, 3.8) is 0 Å². The van der Waals surface area contributed by atoms with Gasteiger partial charge in [0.25, 0.3) is 5.56 Å². The van der Waals surface area contributed by atoms with Crippen molar-refractivity contribution in [3.8, 4) is 0 Å². The smallest absolute Gasteiger partial charge is 0.337 e. The zero-order chi connectivity index (χ0) is 13.8. The predicted octanol–water partition coefficient (Wildman–Crippen LogP) is 1.27. The number of rotatable bonds is 3. The second-order valence-corrected chi connectivity index (χ2v) is 4.09. The topological polar surface area (TPSA) is 74.3 Å². The van der Waals surface area contributed by atoms with E-state index in [4.69, 9.17) is 5.73 Å². The SMILES string of the molecule is COC(=O)c1ccc(Cn2cccc(N)c2=O)cc1. The van der Waals surface area contributed by atoms with E-state index in [9.17, 15) is 9.59 Å². The summed E-state index contributed by atoms with van der Waals surface area (Å²) in [4.78, 5) is 23.0. The van der Waals surface area contributed by atoms with Gasteiger partial charge in [-0.15, -0.1) is 0 Å². The monoisotopic (exact) mass is 258 g/mol. The zero-order valence-electron chi connectivity index (χ0n) is 10.5. The normalized spacial score (nSPS) is 10.2. The molecule has 1 aromatic heterocycles. The van der Waals surface area contributed by atoms with Crippen LogP contribution >= 0.6 is 0 Å². The Balaban J connectivity index is 2.22. The van der Waals surface area contributed by atoms with E-state index in [-0.39, 0.29) is 17.2 Å². The molecule has 0 fully saturated rings.